The highest BCUT2D eigenvalue weighted by Crippen LogP contribution is 2.14. The smallest absolute Gasteiger partial charge is 0.269 e. The molecule has 0 unspecified atom stereocenters. The molecule has 0 radical (unpaired) electrons. The van der Waals surface area contributed by atoms with Crippen LogP contribution in [0.5, 0.6) is 0 Å². The van der Waals surface area contributed by atoms with Crippen molar-refractivity contribution in [2.24, 2.45) is 0 Å². The number of nitrogens with zero attached hydrogens (tertiary/aromatic N) is 1. The molecule has 1 aromatic heterocycles. The summed E-state index contributed by atoms with van der Waals surface area (Å²) < 4.78 is 13.1. The van der Waals surface area contributed by atoms with Crippen LogP contribution in [0, 0.1) is 5.82 Å². The molecule has 18 heavy (non-hydrogen) atoms. The van der Waals surface area contributed by atoms with Gasteiger partial charge in [-0.05, 0) is 24.6 Å². The van der Waals surface area contributed by atoms with Crippen molar-refractivity contribution in [3.8, 4) is 0 Å². The molecule has 3 nitrogen and oxygen atoms in total. The van der Waals surface area contributed by atoms with Gasteiger partial charge in [-0.2, -0.15) is 0 Å². The second-order valence-corrected chi connectivity index (χ2v) is 4.14. The van der Waals surface area contributed by atoms with Gasteiger partial charge < -0.3 is 5.32 Å². The molecule has 2 aromatic rings. The van der Waals surface area contributed by atoms with Crippen molar-refractivity contribution in [3.63, 3.8) is 0 Å². The zero-order chi connectivity index (χ0) is 13.0. The van der Waals surface area contributed by atoms with Crippen molar-refractivity contribution in [2.75, 3.05) is 6.54 Å². The summed E-state index contributed by atoms with van der Waals surface area (Å²) in [6.45, 7) is 2.70. The fourth-order valence-electron chi connectivity index (χ4n) is 1.69. The summed E-state index contributed by atoms with van der Waals surface area (Å²) in [5.74, 6) is -0.562. The highest BCUT2D eigenvalue weighted by molar-refractivity contribution is 5.94. The molecule has 1 heterocycles. The third-order valence-electron chi connectivity index (χ3n) is 2.70. The summed E-state index contributed by atoms with van der Waals surface area (Å²) in [4.78, 5) is 15.9. The summed E-state index contributed by atoms with van der Waals surface area (Å²) in [6, 6.07) is 7.79. The number of halogens is 1. The number of fused-ring (bicyclic) bond motifs is 1. The van der Waals surface area contributed by atoms with E-state index in [0.29, 0.717) is 17.8 Å². The standard InChI is InChI=1S/C14H15FN2O/c1-2-3-8-16-14(18)12-7-5-10-4-6-11(15)9-13(10)17-12/h4-7,9H,2-3,8H2,1H3,(H,16,18). The molecular weight excluding hydrogens is 231 g/mol. The zero-order valence-corrected chi connectivity index (χ0v) is 10.2. The molecule has 0 aliphatic rings. The van der Waals surface area contributed by atoms with Gasteiger partial charge in [-0.3, -0.25) is 4.79 Å². The summed E-state index contributed by atoms with van der Waals surface area (Å²) in [5, 5.41) is 3.60. The minimum absolute atomic E-state index is 0.213. The van der Waals surface area contributed by atoms with Crippen molar-refractivity contribution >= 4 is 16.8 Å². The number of aromatic nitrogens is 1. The lowest BCUT2D eigenvalue weighted by atomic mass is 10.2. The van der Waals surface area contributed by atoms with Gasteiger partial charge in [0.15, 0.2) is 0 Å². The molecule has 1 N–H and O–H groups in total. The zero-order valence-electron chi connectivity index (χ0n) is 10.2. The van der Waals surface area contributed by atoms with Crippen LogP contribution in [0.4, 0.5) is 4.39 Å². The summed E-state index contributed by atoms with van der Waals surface area (Å²) in [7, 11) is 0. The number of carbonyl (C=O) groups is 1. The van der Waals surface area contributed by atoms with Gasteiger partial charge in [0, 0.05) is 18.0 Å². The number of amides is 1. The van der Waals surface area contributed by atoms with Crippen molar-refractivity contribution < 1.29 is 9.18 Å². The Bertz CT molecular complexity index is 569. The minimum Gasteiger partial charge on any atom is -0.351 e. The molecular formula is C14H15FN2O. The number of benzene rings is 1. The molecule has 1 amide bonds. The molecule has 0 bridgehead atoms. The van der Waals surface area contributed by atoms with Gasteiger partial charge in [0.1, 0.15) is 11.5 Å². The van der Waals surface area contributed by atoms with E-state index in [9.17, 15) is 9.18 Å². The molecule has 0 aliphatic carbocycles. The Morgan fingerprint density at radius 2 is 2.11 bits per heavy atom. The number of rotatable bonds is 4. The van der Waals surface area contributed by atoms with Gasteiger partial charge in [0.25, 0.3) is 5.91 Å². The first kappa shape index (κ1) is 12.5. The fourth-order valence-corrected chi connectivity index (χ4v) is 1.69. The van der Waals surface area contributed by atoms with E-state index in [1.807, 2.05) is 0 Å². The van der Waals surface area contributed by atoms with E-state index in [4.69, 9.17) is 0 Å². The average molecular weight is 246 g/mol. The van der Waals surface area contributed by atoms with E-state index in [2.05, 4.69) is 17.2 Å². The summed E-state index contributed by atoms with van der Waals surface area (Å²) >= 11 is 0. The number of carbonyl (C=O) groups excluding carboxylic acids is 1. The Balaban J connectivity index is 2.21. The van der Waals surface area contributed by atoms with Crippen LogP contribution < -0.4 is 5.32 Å². The van der Waals surface area contributed by atoms with E-state index >= 15 is 0 Å². The third kappa shape index (κ3) is 2.83. The molecule has 0 spiro atoms. The first-order valence-corrected chi connectivity index (χ1v) is 6.05. The van der Waals surface area contributed by atoms with Gasteiger partial charge in [0.2, 0.25) is 0 Å². The molecule has 0 fully saturated rings. The van der Waals surface area contributed by atoms with Gasteiger partial charge in [-0.1, -0.05) is 19.4 Å². The second kappa shape index (κ2) is 5.58. The Morgan fingerprint density at radius 1 is 1.33 bits per heavy atom. The third-order valence-corrected chi connectivity index (χ3v) is 2.70. The number of pyridine rings is 1. The van der Waals surface area contributed by atoms with E-state index in [0.717, 1.165) is 18.2 Å². The Morgan fingerprint density at radius 3 is 2.89 bits per heavy atom. The molecule has 4 heteroatoms. The predicted octanol–water partition coefficient (Wildman–Crippen LogP) is 2.90. The van der Waals surface area contributed by atoms with Crippen LogP contribution >= 0.6 is 0 Å². The van der Waals surface area contributed by atoms with Gasteiger partial charge in [0.05, 0.1) is 5.52 Å². The fraction of sp³-hybridized carbons (Fsp3) is 0.286. The largest absolute Gasteiger partial charge is 0.351 e. The topological polar surface area (TPSA) is 42.0 Å². The summed E-state index contributed by atoms with van der Waals surface area (Å²) in [6.07, 6.45) is 1.96. The lowest BCUT2D eigenvalue weighted by molar-refractivity contribution is 0.0948. The lowest BCUT2D eigenvalue weighted by Gasteiger charge is -2.04. The van der Waals surface area contributed by atoms with Crippen LogP contribution in [0.3, 0.4) is 0 Å². The van der Waals surface area contributed by atoms with Gasteiger partial charge >= 0.3 is 0 Å². The monoisotopic (exact) mass is 246 g/mol. The van der Waals surface area contributed by atoms with Crippen LogP contribution in [0.2, 0.25) is 0 Å². The summed E-state index contributed by atoms with van der Waals surface area (Å²) in [5.41, 5.74) is 0.822. The molecule has 0 atom stereocenters. The van der Waals surface area contributed by atoms with Crippen LogP contribution in [-0.4, -0.2) is 17.4 Å². The van der Waals surface area contributed by atoms with E-state index in [-0.39, 0.29) is 11.7 Å². The van der Waals surface area contributed by atoms with E-state index < -0.39 is 0 Å². The molecule has 1 aromatic carbocycles. The van der Waals surface area contributed by atoms with E-state index in [1.165, 1.54) is 12.1 Å². The average Bonchev–Trinajstić information content (AvgIpc) is 2.38. The normalized spacial score (nSPS) is 10.6. The highest BCUT2D eigenvalue weighted by atomic mass is 19.1. The number of hydrogen-bond donors (Lipinski definition) is 1. The van der Waals surface area contributed by atoms with Crippen LogP contribution in [0.15, 0.2) is 30.3 Å². The first-order valence-electron chi connectivity index (χ1n) is 6.05. The SMILES string of the molecule is CCCCNC(=O)c1ccc2ccc(F)cc2n1. The highest BCUT2D eigenvalue weighted by Gasteiger charge is 2.07. The molecule has 2 rings (SSSR count). The number of hydrogen-bond acceptors (Lipinski definition) is 2. The van der Waals surface area contributed by atoms with E-state index in [1.54, 1.807) is 18.2 Å². The minimum atomic E-state index is -0.349. The second-order valence-electron chi connectivity index (χ2n) is 4.14. The maximum atomic E-state index is 13.1. The van der Waals surface area contributed by atoms with Crippen LogP contribution in [0.1, 0.15) is 30.3 Å². The maximum Gasteiger partial charge on any atom is 0.269 e. The van der Waals surface area contributed by atoms with Crippen molar-refractivity contribution in [1.29, 1.82) is 0 Å². The maximum absolute atomic E-state index is 13.1. The Kier molecular flexibility index (Phi) is 3.87. The molecule has 0 saturated carbocycles. The number of nitrogens with one attached hydrogen (secondary N) is 1. The number of unbranched alkanes of at least 4 members (excludes halogenated alkanes) is 1. The Labute approximate surface area is 105 Å². The lowest BCUT2D eigenvalue weighted by Crippen LogP contribution is -2.25. The van der Waals surface area contributed by atoms with Crippen molar-refractivity contribution in [1.82, 2.24) is 10.3 Å². The molecule has 94 valence electrons. The molecule has 0 aliphatic heterocycles. The van der Waals surface area contributed by atoms with Crippen LogP contribution in [-0.2, 0) is 0 Å². The molecule has 0 saturated heterocycles. The Hall–Kier alpha value is -1.97. The van der Waals surface area contributed by atoms with Gasteiger partial charge in [-0.15, -0.1) is 0 Å². The van der Waals surface area contributed by atoms with Gasteiger partial charge in [-0.25, -0.2) is 9.37 Å². The van der Waals surface area contributed by atoms with Crippen molar-refractivity contribution in [2.45, 2.75) is 19.8 Å². The van der Waals surface area contributed by atoms with Crippen LogP contribution in [0.25, 0.3) is 10.9 Å². The predicted molar refractivity (Wildman–Crippen MR) is 68.9 cm³/mol. The first-order chi connectivity index (χ1) is 8.70. The quantitative estimate of drug-likeness (QED) is 0.843. The van der Waals surface area contributed by atoms with Crippen molar-refractivity contribution in [3.05, 3.63) is 41.8 Å².